The second-order valence-electron chi connectivity index (χ2n) is 8.44. The van der Waals surface area contributed by atoms with E-state index in [9.17, 15) is 14.7 Å². The topological polar surface area (TPSA) is 79.3 Å². The van der Waals surface area contributed by atoms with E-state index in [1.807, 2.05) is 18.2 Å². The van der Waals surface area contributed by atoms with Crippen molar-refractivity contribution in [2.24, 2.45) is 0 Å². The van der Waals surface area contributed by atoms with Gasteiger partial charge in [0, 0.05) is 37.1 Å². The minimum atomic E-state index is -1.86. The molecule has 162 valence electrons. The number of anilines is 1. The first-order valence-electron chi connectivity index (χ1n) is 10.7. The molecule has 3 heterocycles. The maximum Gasteiger partial charge on any atom is 0.265 e. The Morgan fingerprint density at radius 2 is 1.61 bits per heavy atom. The van der Waals surface area contributed by atoms with Crippen molar-refractivity contribution in [1.82, 2.24) is 4.90 Å². The molecule has 3 aliphatic rings. The number of rotatable bonds is 5. The fraction of sp³-hybridized carbons (Fsp3) is 0.417. The van der Waals surface area contributed by atoms with Crippen molar-refractivity contribution in [2.75, 3.05) is 37.9 Å². The van der Waals surface area contributed by atoms with Gasteiger partial charge in [-0.05, 0) is 6.07 Å². The maximum absolute atomic E-state index is 13.4. The Bertz CT molecular complexity index is 978. The fourth-order valence-corrected chi connectivity index (χ4v) is 4.80. The van der Waals surface area contributed by atoms with Gasteiger partial charge < -0.3 is 14.6 Å². The second-order valence-corrected chi connectivity index (χ2v) is 8.44. The van der Waals surface area contributed by atoms with E-state index in [0.717, 1.165) is 25.9 Å². The van der Waals surface area contributed by atoms with Crippen LogP contribution in [0, 0.1) is 0 Å². The summed E-state index contributed by atoms with van der Waals surface area (Å²) < 4.78 is 11.6. The number of para-hydroxylation sites is 1. The Morgan fingerprint density at radius 1 is 0.968 bits per heavy atom. The number of hydrogen-bond donors (Lipinski definition) is 1. The number of benzene rings is 2. The van der Waals surface area contributed by atoms with Crippen LogP contribution >= 0.6 is 0 Å². The Hall–Kier alpha value is -2.58. The van der Waals surface area contributed by atoms with Crippen LogP contribution in [-0.2, 0) is 19.9 Å². The first kappa shape index (κ1) is 20.3. The first-order chi connectivity index (χ1) is 15.0. The van der Waals surface area contributed by atoms with Crippen molar-refractivity contribution in [1.29, 1.82) is 0 Å². The second kappa shape index (κ2) is 7.84. The fourth-order valence-electron chi connectivity index (χ4n) is 4.80. The molecule has 1 N–H and O–H groups in total. The van der Waals surface area contributed by atoms with Crippen LogP contribution in [0.2, 0.25) is 0 Å². The monoisotopic (exact) mass is 422 g/mol. The number of hydrogen-bond acceptors (Lipinski definition) is 6. The Kier molecular flexibility index (Phi) is 5.14. The number of ketones is 1. The Labute approximate surface area is 181 Å². The average molecular weight is 422 g/mol. The lowest BCUT2D eigenvalue weighted by molar-refractivity contribution is -0.185. The molecule has 2 saturated heterocycles. The summed E-state index contributed by atoms with van der Waals surface area (Å²) in [7, 11) is 0. The number of aliphatic hydroxyl groups is 1. The summed E-state index contributed by atoms with van der Waals surface area (Å²) in [6.07, 6.45) is 1.20. The molecule has 0 saturated carbocycles. The van der Waals surface area contributed by atoms with Crippen molar-refractivity contribution in [2.45, 2.75) is 30.7 Å². The van der Waals surface area contributed by atoms with Gasteiger partial charge in [0.2, 0.25) is 0 Å². The standard InChI is InChI=1S/C24H26N2O5/c27-21(18-6-2-1-3-7-18)16-24(29)19-8-4-5-9-20(19)26(22(24)28)17-25-12-10-23(11-13-25)30-14-15-31-23/h1-9,29H,10-17H2/t24-/m0/s1. The highest BCUT2D eigenvalue weighted by Gasteiger charge is 2.51. The molecule has 0 bridgehead atoms. The van der Waals surface area contributed by atoms with E-state index >= 15 is 0 Å². The van der Waals surface area contributed by atoms with Gasteiger partial charge in [-0.25, -0.2) is 0 Å². The van der Waals surface area contributed by atoms with Crippen molar-refractivity contribution < 1.29 is 24.2 Å². The minimum absolute atomic E-state index is 0.261. The van der Waals surface area contributed by atoms with Crippen LogP contribution in [-0.4, -0.2) is 60.5 Å². The normalized spacial score (nSPS) is 25.2. The van der Waals surface area contributed by atoms with E-state index in [0.29, 0.717) is 36.7 Å². The lowest BCUT2D eigenvalue weighted by Gasteiger charge is -2.39. The predicted octanol–water partition coefficient (Wildman–Crippen LogP) is 2.29. The highest BCUT2D eigenvalue weighted by molar-refractivity contribution is 6.10. The van der Waals surface area contributed by atoms with Gasteiger partial charge in [-0.15, -0.1) is 0 Å². The van der Waals surface area contributed by atoms with Gasteiger partial charge in [-0.3, -0.25) is 19.4 Å². The molecule has 2 aromatic rings. The molecule has 2 aromatic carbocycles. The third-order valence-corrected chi connectivity index (χ3v) is 6.52. The van der Waals surface area contributed by atoms with Gasteiger partial charge in [0.1, 0.15) is 0 Å². The number of carbonyl (C=O) groups excluding carboxylic acids is 2. The van der Waals surface area contributed by atoms with E-state index in [1.54, 1.807) is 41.3 Å². The summed E-state index contributed by atoms with van der Waals surface area (Å²) >= 11 is 0. The molecule has 2 fully saturated rings. The van der Waals surface area contributed by atoms with Gasteiger partial charge in [0.05, 0.1) is 32.0 Å². The molecule has 1 atom stereocenters. The van der Waals surface area contributed by atoms with Crippen LogP contribution < -0.4 is 4.90 Å². The van der Waals surface area contributed by atoms with Crippen LogP contribution in [0.1, 0.15) is 35.2 Å². The predicted molar refractivity (Wildman–Crippen MR) is 114 cm³/mol. The van der Waals surface area contributed by atoms with Crippen molar-refractivity contribution in [3.63, 3.8) is 0 Å². The van der Waals surface area contributed by atoms with Crippen molar-refractivity contribution in [3.8, 4) is 0 Å². The number of Topliss-reactive ketones (excluding diaryl/α,β-unsaturated/α-hetero) is 1. The molecule has 0 unspecified atom stereocenters. The third kappa shape index (κ3) is 3.57. The highest BCUT2D eigenvalue weighted by Crippen LogP contribution is 2.43. The van der Waals surface area contributed by atoms with E-state index < -0.39 is 17.3 Å². The molecular formula is C24H26N2O5. The summed E-state index contributed by atoms with van der Waals surface area (Å²) in [5.74, 6) is -1.19. The van der Waals surface area contributed by atoms with Crippen LogP contribution in [0.15, 0.2) is 54.6 Å². The van der Waals surface area contributed by atoms with Gasteiger partial charge in [0.15, 0.2) is 17.2 Å². The number of fused-ring (bicyclic) bond motifs is 1. The molecule has 0 radical (unpaired) electrons. The van der Waals surface area contributed by atoms with Crippen molar-refractivity contribution >= 4 is 17.4 Å². The summed E-state index contributed by atoms with van der Waals surface area (Å²) in [6.45, 7) is 3.06. The van der Waals surface area contributed by atoms with Gasteiger partial charge in [-0.2, -0.15) is 0 Å². The molecule has 7 heteroatoms. The quantitative estimate of drug-likeness (QED) is 0.745. The van der Waals surface area contributed by atoms with Crippen LogP contribution in [0.4, 0.5) is 5.69 Å². The number of piperidine rings is 1. The molecule has 0 aliphatic carbocycles. The average Bonchev–Trinajstić information content (AvgIpc) is 3.34. The first-order valence-corrected chi connectivity index (χ1v) is 10.7. The number of ether oxygens (including phenoxy) is 2. The number of likely N-dealkylation sites (tertiary alicyclic amines) is 1. The van der Waals surface area contributed by atoms with Crippen molar-refractivity contribution in [3.05, 3.63) is 65.7 Å². The Morgan fingerprint density at radius 3 is 2.32 bits per heavy atom. The van der Waals surface area contributed by atoms with Crippen LogP contribution in [0.5, 0.6) is 0 Å². The van der Waals surface area contributed by atoms with Crippen LogP contribution in [0.3, 0.4) is 0 Å². The van der Waals surface area contributed by atoms with Gasteiger partial charge in [0.25, 0.3) is 5.91 Å². The molecule has 0 aromatic heterocycles. The molecule has 1 amide bonds. The summed E-state index contributed by atoms with van der Waals surface area (Å²) in [6, 6.07) is 16.0. The van der Waals surface area contributed by atoms with Crippen LogP contribution in [0.25, 0.3) is 0 Å². The van der Waals surface area contributed by atoms with Gasteiger partial charge in [-0.1, -0.05) is 48.5 Å². The lowest BCUT2D eigenvalue weighted by Crippen LogP contribution is -2.51. The molecular weight excluding hydrogens is 396 g/mol. The summed E-state index contributed by atoms with van der Waals surface area (Å²) in [5.41, 5.74) is -0.236. The van der Waals surface area contributed by atoms with E-state index in [1.165, 1.54) is 0 Å². The number of carbonyl (C=O) groups is 2. The van der Waals surface area contributed by atoms with Gasteiger partial charge >= 0.3 is 0 Å². The SMILES string of the molecule is O=C(C[C@@]1(O)C(=O)N(CN2CCC3(CC2)OCCO3)c2ccccc21)c1ccccc1. The molecule has 31 heavy (non-hydrogen) atoms. The molecule has 5 rings (SSSR count). The molecule has 3 aliphatic heterocycles. The highest BCUT2D eigenvalue weighted by atomic mass is 16.7. The zero-order valence-electron chi connectivity index (χ0n) is 17.3. The summed E-state index contributed by atoms with van der Waals surface area (Å²) in [5, 5.41) is 11.4. The zero-order chi connectivity index (χ0) is 21.5. The number of amides is 1. The number of nitrogens with zero attached hydrogens (tertiary/aromatic N) is 2. The minimum Gasteiger partial charge on any atom is -0.375 e. The largest absolute Gasteiger partial charge is 0.375 e. The van der Waals surface area contributed by atoms with E-state index in [4.69, 9.17) is 9.47 Å². The van der Waals surface area contributed by atoms with E-state index in [2.05, 4.69) is 4.90 Å². The molecule has 1 spiro atoms. The summed E-state index contributed by atoms with van der Waals surface area (Å²) in [4.78, 5) is 30.0. The third-order valence-electron chi connectivity index (χ3n) is 6.52. The zero-order valence-corrected chi connectivity index (χ0v) is 17.3. The smallest absolute Gasteiger partial charge is 0.265 e. The maximum atomic E-state index is 13.4. The van der Waals surface area contributed by atoms with E-state index in [-0.39, 0.29) is 12.2 Å². The lowest BCUT2D eigenvalue weighted by atomic mass is 9.88. The molecule has 7 nitrogen and oxygen atoms in total. The Balaban J connectivity index is 1.35.